The first kappa shape index (κ1) is 9.85. The zero-order valence-corrected chi connectivity index (χ0v) is 7.63. The van der Waals surface area contributed by atoms with Gasteiger partial charge in [0.2, 0.25) is 0 Å². The number of rotatable bonds is 4. The zero-order valence-electron chi connectivity index (χ0n) is 7.63. The molecule has 1 aromatic rings. The Hall–Kier alpha value is -1.24. The van der Waals surface area contributed by atoms with E-state index in [-0.39, 0.29) is 6.61 Å². The molecule has 0 aliphatic rings. The van der Waals surface area contributed by atoms with Crippen molar-refractivity contribution in [2.45, 2.75) is 20.1 Å². The maximum atomic E-state index is 8.72. The third-order valence-electron chi connectivity index (χ3n) is 1.56. The lowest BCUT2D eigenvalue weighted by Crippen LogP contribution is -2.12. The lowest BCUT2D eigenvalue weighted by molar-refractivity contribution is 0.243. The third kappa shape index (κ3) is 3.32. The molecule has 0 radical (unpaired) electrons. The van der Waals surface area contributed by atoms with E-state index in [4.69, 9.17) is 9.52 Å². The number of hydrogen-bond donors (Lipinski definition) is 2. The molecule has 0 aliphatic carbocycles. The lowest BCUT2D eigenvalue weighted by Gasteiger charge is -1.95. The Balaban J connectivity index is 2.31. The Bertz CT molecular complexity index is 306. The average Bonchev–Trinajstić information content (AvgIpc) is 2.60. The second-order valence-corrected chi connectivity index (χ2v) is 2.56. The molecule has 0 saturated heterocycles. The standard InChI is InChI=1S/C10H13NO2/c1-2-3-6-11-7-9-4-5-10(8-12)13-9/h4-5,11-12H,6-8H2,1H3. The minimum absolute atomic E-state index is 0.0469. The van der Waals surface area contributed by atoms with Crippen LogP contribution in [-0.4, -0.2) is 11.7 Å². The minimum atomic E-state index is -0.0469. The molecule has 0 bridgehead atoms. The molecule has 2 N–H and O–H groups in total. The van der Waals surface area contributed by atoms with E-state index in [2.05, 4.69) is 17.2 Å². The predicted octanol–water partition coefficient (Wildman–Crippen LogP) is 0.885. The van der Waals surface area contributed by atoms with Crippen LogP contribution in [0.15, 0.2) is 16.5 Å². The van der Waals surface area contributed by atoms with Crippen molar-refractivity contribution in [3.8, 4) is 11.8 Å². The van der Waals surface area contributed by atoms with Gasteiger partial charge in [0.25, 0.3) is 0 Å². The van der Waals surface area contributed by atoms with Crippen LogP contribution < -0.4 is 5.32 Å². The summed E-state index contributed by atoms with van der Waals surface area (Å²) in [7, 11) is 0. The normalized spacial score (nSPS) is 9.38. The van der Waals surface area contributed by atoms with Gasteiger partial charge in [-0.2, -0.15) is 0 Å². The number of furan rings is 1. The highest BCUT2D eigenvalue weighted by molar-refractivity contribution is 5.06. The summed E-state index contributed by atoms with van der Waals surface area (Å²) in [6.45, 7) is 3.06. The van der Waals surface area contributed by atoms with E-state index in [1.165, 1.54) is 0 Å². The number of nitrogens with one attached hydrogen (secondary N) is 1. The van der Waals surface area contributed by atoms with E-state index < -0.39 is 0 Å². The van der Waals surface area contributed by atoms with Crippen molar-refractivity contribution in [2.75, 3.05) is 6.54 Å². The third-order valence-corrected chi connectivity index (χ3v) is 1.56. The second-order valence-electron chi connectivity index (χ2n) is 2.56. The Morgan fingerprint density at radius 1 is 1.46 bits per heavy atom. The van der Waals surface area contributed by atoms with E-state index in [1.54, 1.807) is 13.0 Å². The smallest absolute Gasteiger partial charge is 0.129 e. The van der Waals surface area contributed by atoms with Crippen LogP contribution in [0.3, 0.4) is 0 Å². The largest absolute Gasteiger partial charge is 0.462 e. The molecule has 0 amide bonds. The molecule has 0 spiro atoms. The lowest BCUT2D eigenvalue weighted by atomic mass is 10.4. The van der Waals surface area contributed by atoms with Crippen LogP contribution in [0.4, 0.5) is 0 Å². The summed E-state index contributed by atoms with van der Waals surface area (Å²) in [5.41, 5.74) is 0. The van der Waals surface area contributed by atoms with Gasteiger partial charge in [-0.05, 0) is 19.1 Å². The minimum Gasteiger partial charge on any atom is -0.462 e. The van der Waals surface area contributed by atoms with Crippen LogP contribution in [0.25, 0.3) is 0 Å². The molecular formula is C10H13NO2. The first-order valence-electron chi connectivity index (χ1n) is 4.15. The molecule has 0 atom stereocenters. The number of aliphatic hydroxyl groups is 1. The van der Waals surface area contributed by atoms with E-state index in [1.807, 2.05) is 6.07 Å². The van der Waals surface area contributed by atoms with E-state index >= 15 is 0 Å². The van der Waals surface area contributed by atoms with Crippen LogP contribution in [0, 0.1) is 11.8 Å². The van der Waals surface area contributed by atoms with Crippen molar-refractivity contribution in [2.24, 2.45) is 0 Å². The molecule has 13 heavy (non-hydrogen) atoms. The summed E-state index contributed by atoms with van der Waals surface area (Å²) in [5, 5.41) is 11.8. The first-order valence-corrected chi connectivity index (χ1v) is 4.15. The summed E-state index contributed by atoms with van der Waals surface area (Å²) in [5.74, 6) is 7.09. The molecule has 1 aromatic heterocycles. The summed E-state index contributed by atoms with van der Waals surface area (Å²) in [4.78, 5) is 0. The van der Waals surface area contributed by atoms with E-state index in [9.17, 15) is 0 Å². The van der Waals surface area contributed by atoms with Crippen molar-refractivity contribution in [1.82, 2.24) is 5.32 Å². The topological polar surface area (TPSA) is 45.4 Å². The van der Waals surface area contributed by atoms with Crippen LogP contribution in [0.2, 0.25) is 0 Å². The van der Waals surface area contributed by atoms with Crippen molar-refractivity contribution in [1.29, 1.82) is 0 Å². The van der Waals surface area contributed by atoms with Gasteiger partial charge in [0.1, 0.15) is 18.1 Å². The van der Waals surface area contributed by atoms with Gasteiger partial charge in [-0.15, -0.1) is 5.92 Å². The molecule has 1 rings (SSSR count). The van der Waals surface area contributed by atoms with Gasteiger partial charge in [0.05, 0.1) is 13.1 Å². The molecule has 0 aromatic carbocycles. The maximum Gasteiger partial charge on any atom is 0.129 e. The molecule has 70 valence electrons. The van der Waals surface area contributed by atoms with Gasteiger partial charge in [-0.25, -0.2) is 0 Å². The number of hydrogen-bond acceptors (Lipinski definition) is 3. The van der Waals surface area contributed by atoms with Gasteiger partial charge in [-0.1, -0.05) is 5.92 Å². The fourth-order valence-electron chi connectivity index (χ4n) is 0.939. The Kier molecular flexibility index (Phi) is 4.10. The van der Waals surface area contributed by atoms with E-state index in [0.29, 0.717) is 18.8 Å². The summed E-state index contributed by atoms with van der Waals surface area (Å²) in [6, 6.07) is 3.61. The highest BCUT2D eigenvalue weighted by atomic mass is 16.4. The molecule has 0 unspecified atom stereocenters. The van der Waals surface area contributed by atoms with Crippen LogP contribution in [0.1, 0.15) is 18.4 Å². The molecular weight excluding hydrogens is 166 g/mol. The van der Waals surface area contributed by atoms with Gasteiger partial charge >= 0.3 is 0 Å². The highest BCUT2D eigenvalue weighted by Gasteiger charge is 1.98. The zero-order chi connectivity index (χ0) is 9.52. The van der Waals surface area contributed by atoms with Crippen molar-refractivity contribution >= 4 is 0 Å². The predicted molar refractivity (Wildman–Crippen MR) is 49.8 cm³/mol. The molecule has 0 saturated carbocycles. The fraction of sp³-hybridized carbons (Fsp3) is 0.400. The summed E-state index contributed by atoms with van der Waals surface area (Å²) in [6.07, 6.45) is 0. The Morgan fingerprint density at radius 2 is 2.23 bits per heavy atom. The van der Waals surface area contributed by atoms with Gasteiger partial charge in [-0.3, -0.25) is 5.32 Å². The Labute approximate surface area is 77.8 Å². The van der Waals surface area contributed by atoms with E-state index in [0.717, 1.165) is 5.76 Å². The number of aliphatic hydroxyl groups excluding tert-OH is 1. The van der Waals surface area contributed by atoms with Crippen molar-refractivity contribution in [3.63, 3.8) is 0 Å². The fourth-order valence-corrected chi connectivity index (χ4v) is 0.939. The summed E-state index contributed by atoms with van der Waals surface area (Å²) >= 11 is 0. The van der Waals surface area contributed by atoms with Gasteiger partial charge in [0, 0.05) is 0 Å². The second kappa shape index (κ2) is 5.41. The van der Waals surface area contributed by atoms with Gasteiger partial charge < -0.3 is 9.52 Å². The molecule has 0 fully saturated rings. The average molecular weight is 179 g/mol. The first-order chi connectivity index (χ1) is 6.36. The van der Waals surface area contributed by atoms with Crippen molar-refractivity contribution < 1.29 is 9.52 Å². The Morgan fingerprint density at radius 3 is 2.85 bits per heavy atom. The molecule has 3 nitrogen and oxygen atoms in total. The highest BCUT2D eigenvalue weighted by Crippen LogP contribution is 2.06. The monoisotopic (exact) mass is 179 g/mol. The SMILES string of the molecule is CC#CCNCc1ccc(CO)o1. The summed E-state index contributed by atoms with van der Waals surface area (Å²) < 4.78 is 5.25. The van der Waals surface area contributed by atoms with Crippen molar-refractivity contribution in [3.05, 3.63) is 23.7 Å². The molecule has 1 heterocycles. The molecule has 0 aliphatic heterocycles. The van der Waals surface area contributed by atoms with Crippen LogP contribution in [-0.2, 0) is 13.2 Å². The maximum absolute atomic E-state index is 8.72. The van der Waals surface area contributed by atoms with Crippen LogP contribution >= 0.6 is 0 Å². The molecule has 3 heteroatoms. The van der Waals surface area contributed by atoms with Gasteiger partial charge in [0.15, 0.2) is 0 Å². The van der Waals surface area contributed by atoms with Crippen LogP contribution in [0.5, 0.6) is 0 Å². The quantitative estimate of drug-likeness (QED) is 0.533.